The minimum atomic E-state index is 0.626. The second-order valence-corrected chi connectivity index (χ2v) is 5.24. The number of nitrogens with zero attached hydrogens (tertiary/aromatic N) is 1. The number of nitrogens with one attached hydrogen (secondary N) is 1. The average Bonchev–Trinajstić information content (AvgIpc) is 2.91. The Bertz CT molecular complexity index is 552. The lowest BCUT2D eigenvalue weighted by Crippen LogP contribution is -1.99. The molecule has 94 valence electrons. The van der Waals surface area contributed by atoms with E-state index in [2.05, 4.69) is 23.3 Å². The predicted molar refractivity (Wildman–Crippen MR) is 71.8 cm³/mol. The van der Waals surface area contributed by atoms with Crippen LogP contribution in [-0.2, 0) is 6.54 Å². The van der Waals surface area contributed by atoms with E-state index in [9.17, 15) is 0 Å². The Kier molecular flexibility index (Phi) is 3.00. The molecule has 0 aromatic carbocycles. The van der Waals surface area contributed by atoms with E-state index in [0.717, 1.165) is 23.1 Å². The van der Waals surface area contributed by atoms with Gasteiger partial charge in [-0.25, -0.2) is 0 Å². The van der Waals surface area contributed by atoms with Crippen molar-refractivity contribution in [1.82, 2.24) is 4.98 Å². The van der Waals surface area contributed by atoms with Gasteiger partial charge in [0.15, 0.2) is 0 Å². The summed E-state index contributed by atoms with van der Waals surface area (Å²) in [7, 11) is 0. The number of aromatic nitrogens is 1. The van der Waals surface area contributed by atoms with Crippen LogP contribution in [0.2, 0.25) is 5.02 Å². The first-order chi connectivity index (χ1) is 8.74. The molecule has 1 saturated carbocycles. The smallest absolute Gasteiger partial charge is 0.123 e. The summed E-state index contributed by atoms with van der Waals surface area (Å²) in [4.78, 5) is 4.03. The van der Waals surface area contributed by atoms with Gasteiger partial charge >= 0.3 is 0 Å². The molecule has 2 unspecified atom stereocenters. The summed E-state index contributed by atoms with van der Waals surface area (Å²) < 4.78 is 5.81. The fourth-order valence-corrected chi connectivity index (χ4v) is 2.27. The van der Waals surface area contributed by atoms with Gasteiger partial charge in [0.1, 0.15) is 11.5 Å². The summed E-state index contributed by atoms with van der Waals surface area (Å²) in [6.07, 6.45) is 4.64. The van der Waals surface area contributed by atoms with Crippen molar-refractivity contribution in [2.75, 3.05) is 5.32 Å². The van der Waals surface area contributed by atoms with Gasteiger partial charge < -0.3 is 9.73 Å². The van der Waals surface area contributed by atoms with Gasteiger partial charge in [-0.1, -0.05) is 18.5 Å². The van der Waals surface area contributed by atoms with E-state index >= 15 is 0 Å². The molecule has 0 saturated heterocycles. The molecule has 1 N–H and O–H groups in total. The topological polar surface area (TPSA) is 38.1 Å². The van der Waals surface area contributed by atoms with Crippen molar-refractivity contribution in [2.24, 2.45) is 5.92 Å². The van der Waals surface area contributed by atoms with Crippen molar-refractivity contribution in [1.29, 1.82) is 0 Å². The SMILES string of the molecule is CC1CC1c1ccc(CNc2cnccc2Cl)o1. The Morgan fingerprint density at radius 3 is 3.00 bits per heavy atom. The third-order valence-corrected chi connectivity index (χ3v) is 3.71. The van der Waals surface area contributed by atoms with Crippen LogP contribution >= 0.6 is 11.6 Å². The normalized spacial score (nSPS) is 21.9. The van der Waals surface area contributed by atoms with Gasteiger partial charge in [0.05, 0.1) is 23.5 Å². The molecule has 4 heteroatoms. The summed E-state index contributed by atoms with van der Waals surface area (Å²) in [5.41, 5.74) is 0.830. The van der Waals surface area contributed by atoms with E-state index in [1.165, 1.54) is 6.42 Å². The van der Waals surface area contributed by atoms with Gasteiger partial charge in [-0.15, -0.1) is 0 Å². The largest absolute Gasteiger partial charge is 0.464 e. The number of hydrogen-bond donors (Lipinski definition) is 1. The number of hydrogen-bond acceptors (Lipinski definition) is 3. The molecule has 2 atom stereocenters. The summed E-state index contributed by atoms with van der Waals surface area (Å²) in [6, 6.07) is 5.87. The molecule has 0 bridgehead atoms. The van der Waals surface area contributed by atoms with E-state index in [0.29, 0.717) is 17.5 Å². The van der Waals surface area contributed by atoms with E-state index < -0.39 is 0 Å². The van der Waals surface area contributed by atoms with Gasteiger partial charge in [0.25, 0.3) is 0 Å². The van der Waals surface area contributed by atoms with Crippen LogP contribution in [0.25, 0.3) is 0 Å². The Morgan fingerprint density at radius 1 is 1.44 bits per heavy atom. The highest BCUT2D eigenvalue weighted by Gasteiger charge is 2.36. The standard InChI is InChI=1S/C14H15ClN2O/c1-9-6-11(9)14-3-2-10(18-14)7-17-13-8-16-5-4-12(13)15/h2-5,8-9,11,17H,6-7H2,1H3. The monoisotopic (exact) mass is 262 g/mol. The molecule has 1 fully saturated rings. The van der Waals surface area contributed by atoms with Crippen LogP contribution in [0.15, 0.2) is 35.0 Å². The molecule has 0 spiro atoms. The van der Waals surface area contributed by atoms with Crippen molar-refractivity contribution >= 4 is 17.3 Å². The summed E-state index contributed by atoms with van der Waals surface area (Å²) >= 11 is 6.04. The third kappa shape index (κ3) is 2.36. The van der Waals surface area contributed by atoms with Crippen LogP contribution in [0.5, 0.6) is 0 Å². The minimum absolute atomic E-state index is 0.626. The van der Waals surface area contributed by atoms with Gasteiger partial charge in [0, 0.05) is 12.1 Å². The third-order valence-electron chi connectivity index (χ3n) is 3.38. The van der Waals surface area contributed by atoms with Gasteiger partial charge in [-0.3, -0.25) is 4.98 Å². The van der Waals surface area contributed by atoms with E-state index in [-0.39, 0.29) is 0 Å². The molecule has 3 rings (SSSR count). The molecule has 3 nitrogen and oxygen atoms in total. The number of rotatable bonds is 4. The first-order valence-corrected chi connectivity index (χ1v) is 6.54. The van der Waals surface area contributed by atoms with Crippen LogP contribution in [0.3, 0.4) is 0 Å². The predicted octanol–water partition coefficient (Wildman–Crippen LogP) is 4.06. The molecule has 0 radical (unpaired) electrons. The Morgan fingerprint density at radius 2 is 2.28 bits per heavy atom. The Hall–Kier alpha value is -1.48. The number of anilines is 1. The quantitative estimate of drug-likeness (QED) is 0.903. The molecule has 18 heavy (non-hydrogen) atoms. The fraction of sp³-hybridized carbons (Fsp3) is 0.357. The molecule has 1 aliphatic rings. The molecular weight excluding hydrogens is 248 g/mol. The maximum absolute atomic E-state index is 6.04. The van der Waals surface area contributed by atoms with Gasteiger partial charge in [0.2, 0.25) is 0 Å². The van der Waals surface area contributed by atoms with E-state index in [1.54, 1.807) is 18.5 Å². The second-order valence-electron chi connectivity index (χ2n) is 4.83. The lowest BCUT2D eigenvalue weighted by Gasteiger charge is -2.05. The molecule has 0 aliphatic heterocycles. The van der Waals surface area contributed by atoms with E-state index in [4.69, 9.17) is 16.0 Å². The van der Waals surface area contributed by atoms with Crippen LogP contribution in [0.4, 0.5) is 5.69 Å². The van der Waals surface area contributed by atoms with Crippen molar-refractivity contribution in [3.05, 3.63) is 47.1 Å². The van der Waals surface area contributed by atoms with Crippen LogP contribution in [0, 0.1) is 5.92 Å². The van der Waals surface area contributed by atoms with Crippen molar-refractivity contribution < 1.29 is 4.42 Å². The molecule has 2 heterocycles. The summed E-state index contributed by atoms with van der Waals surface area (Å²) in [5.74, 6) is 3.44. The minimum Gasteiger partial charge on any atom is -0.464 e. The first-order valence-electron chi connectivity index (χ1n) is 6.16. The zero-order chi connectivity index (χ0) is 12.5. The highest BCUT2D eigenvalue weighted by Crippen LogP contribution is 2.47. The van der Waals surface area contributed by atoms with E-state index in [1.807, 2.05) is 6.07 Å². The summed E-state index contributed by atoms with van der Waals surface area (Å²) in [5, 5.41) is 3.90. The van der Waals surface area contributed by atoms with Crippen molar-refractivity contribution in [2.45, 2.75) is 25.8 Å². The highest BCUT2D eigenvalue weighted by molar-refractivity contribution is 6.33. The Balaban J connectivity index is 1.63. The number of halogens is 1. The number of furan rings is 1. The van der Waals surface area contributed by atoms with Crippen LogP contribution < -0.4 is 5.32 Å². The lowest BCUT2D eigenvalue weighted by atomic mass is 10.3. The zero-order valence-corrected chi connectivity index (χ0v) is 10.9. The average molecular weight is 263 g/mol. The van der Waals surface area contributed by atoms with Gasteiger partial charge in [-0.2, -0.15) is 0 Å². The molecule has 2 aromatic rings. The lowest BCUT2D eigenvalue weighted by molar-refractivity contribution is 0.468. The highest BCUT2D eigenvalue weighted by atomic mass is 35.5. The zero-order valence-electron chi connectivity index (χ0n) is 10.2. The van der Waals surface area contributed by atoms with Crippen molar-refractivity contribution in [3.8, 4) is 0 Å². The second kappa shape index (κ2) is 4.65. The van der Waals surface area contributed by atoms with Crippen LogP contribution in [-0.4, -0.2) is 4.98 Å². The van der Waals surface area contributed by atoms with Crippen LogP contribution in [0.1, 0.15) is 30.8 Å². The molecule has 1 aliphatic carbocycles. The fourth-order valence-electron chi connectivity index (χ4n) is 2.10. The number of pyridine rings is 1. The molecular formula is C14H15ClN2O. The van der Waals surface area contributed by atoms with Gasteiger partial charge in [-0.05, 0) is 30.5 Å². The summed E-state index contributed by atoms with van der Waals surface area (Å²) in [6.45, 7) is 2.88. The molecule has 0 amide bonds. The van der Waals surface area contributed by atoms with Crippen molar-refractivity contribution in [3.63, 3.8) is 0 Å². The maximum atomic E-state index is 6.04. The maximum Gasteiger partial charge on any atom is 0.123 e. The first kappa shape index (κ1) is 11.6. The Labute approximate surface area is 111 Å². The molecule has 2 aromatic heterocycles.